The van der Waals surface area contributed by atoms with Gasteiger partial charge in [0.05, 0.1) is 17.9 Å². The number of carboxylic acids is 1. The fourth-order valence-corrected chi connectivity index (χ4v) is 5.65. The van der Waals surface area contributed by atoms with Crippen LogP contribution in [0, 0.1) is 12.7 Å². The molecule has 38 heavy (non-hydrogen) atoms. The third kappa shape index (κ3) is 6.78. The Kier molecular flexibility index (Phi) is 10.4. The molecule has 2 heterocycles. The normalized spacial score (nSPS) is 13.1. The number of aliphatic hydroxyl groups excluding tert-OH is 2. The number of benzene rings is 2. The molecule has 2 N–H and O–H groups in total. The summed E-state index contributed by atoms with van der Waals surface area (Å²) in [4.78, 5) is 17.8. The zero-order valence-corrected chi connectivity index (χ0v) is 24.8. The van der Waals surface area contributed by atoms with Crippen molar-refractivity contribution >= 4 is 33.6 Å². The summed E-state index contributed by atoms with van der Waals surface area (Å²) in [5, 5.41) is 32.2. The van der Waals surface area contributed by atoms with Gasteiger partial charge in [0.2, 0.25) is 0 Å². The number of fused-ring (bicyclic) bond motifs is 1. The molecule has 192 valence electrons. The first-order chi connectivity index (χ1) is 17.7. The van der Waals surface area contributed by atoms with Crippen molar-refractivity contribution in [1.29, 1.82) is 0 Å². The van der Waals surface area contributed by atoms with Crippen molar-refractivity contribution in [2.75, 3.05) is 0 Å². The predicted molar refractivity (Wildman–Crippen MR) is 145 cm³/mol. The summed E-state index contributed by atoms with van der Waals surface area (Å²) >= 11 is 1.61. The zero-order chi connectivity index (χ0) is 26.7. The monoisotopic (exact) mass is 541 g/mol. The Hall–Kier alpha value is -2.39. The number of halogens is 1. The maximum atomic E-state index is 13.9. The molecule has 4 rings (SSSR count). The molecule has 0 aliphatic rings. The summed E-state index contributed by atoms with van der Waals surface area (Å²) in [6, 6.07) is 16.4. The van der Waals surface area contributed by atoms with E-state index in [1.54, 1.807) is 35.6 Å². The molecule has 0 aliphatic heterocycles. The molecule has 4 aromatic rings. The second-order valence-electron chi connectivity index (χ2n) is 9.42. The Morgan fingerprint density at radius 3 is 2.29 bits per heavy atom. The van der Waals surface area contributed by atoms with Gasteiger partial charge in [-0.2, -0.15) is 0 Å². The van der Waals surface area contributed by atoms with Crippen LogP contribution in [0.5, 0.6) is 0 Å². The number of nitrogens with zero attached hydrogens (tertiary/aromatic N) is 1. The van der Waals surface area contributed by atoms with Crippen LogP contribution in [-0.4, -0.2) is 33.4 Å². The molecule has 0 fully saturated rings. The van der Waals surface area contributed by atoms with Gasteiger partial charge in [-0.05, 0) is 36.1 Å². The van der Waals surface area contributed by atoms with E-state index in [9.17, 15) is 24.5 Å². The van der Waals surface area contributed by atoms with Crippen molar-refractivity contribution < 1.29 is 54.1 Å². The minimum Gasteiger partial charge on any atom is -0.550 e. The van der Waals surface area contributed by atoms with Crippen LogP contribution in [0.4, 0.5) is 4.39 Å². The Morgan fingerprint density at radius 2 is 1.68 bits per heavy atom. The number of pyridine rings is 1. The minimum atomic E-state index is -1.37. The SMILES string of the molecule is Cc1sc2nc(C(C)C)c(/C=C/[C@@H](O)C[C@@H](O)CC(=O)[O-])c(-c3ccc(F)cc3)c2c1-c1ccccc1.[Na+]. The first kappa shape index (κ1) is 30.2. The molecule has 2 atom stereocenters. The van der Waals surface area contributed by atoms with E-state index in [1.165, 1.54) is 12.1 Å². The van der Waals surface area contributed by atoms with Crippen LogP contribution in [0.3, 0.4) is 0 Å². The van der Waals surface area contributed by atoms with Gasteiger partial charge < -0.3 is 20.1 Å². The second-order valence-corrected chi connectivity index (χ2v) is 10.6. The van der Waals surface area contributed by atoms with Gasteiger partial charge in [-0.25, -0.2) is 9.37 Å². The van der Waals surface area contributed by atoms with Crippen LogP contribution in [0.1, 0.15) is 48.7 Å². The average Bonchev–Trinajstić information content (AvgIpc) is 3.17. The predicted octanol–water partition coefficient (Wildman–Crippen LogP) is 2.47. The van der Waals surface area contributed by atoms with E-state index in [0.29, 0.717) is 0 Å². The Balaban J connectivity index is 0.00000400. The number of aliphatic hydroxyl groups is 2. The summed E-state index contributed by atoms with van der Waals surface area (Å²) in [5.41, 5.74) is 5.42. The number of rotatable bonds is 9. The van der Waals surface area contributed by atoms with Crippen molar-refractivity contribution in [3.63, 3.8) is 0 Å². The maximum absolute atomic E-state index is 13.9. The van der Waals surface area contributed by atoms with Gasteiger partial charge in [0, 0.05) is 45.8 Å². The van der Waals surface area contributed by atoms with Crippen molar-refractivity contribution in [3.8, 4) is 22.3 Å². The fourth-order valence-electron chi connectivity index (χ4n) is 4.59. The molecule has 2 aromatic heterocycles. The third-order valence-corrected chi connectivity index (χ3v) is 7.23. The summed E-state index contributed by atoms with van der Waals surface area (Å²) in [6.07, 6.45) is 0.320. The van der Waals surface area contributed by atoms with E-state index in [4.69, 9.17) is 4.98 Å². The van der Waals surface area contributed by atoms with Crippen LogP contribution >= 0.6 is 11.3 Å². The molecule has 0 amide bonds. The van der Waals surface area contributed by atoms with Crippen molar-refractivity contribution in [2.45, 2.75) is 51.7 Å². The first-order valence-corrected chi connectivity index (χ1v) is 13.0. The quantitative estimate of drug-likeness (QED) is 0.318. The van der Waals surface area contributed by atoms with Crippen molar-refractivity contribution in [1.82, 2.24) is 4.98 Å². The van der Waals surface area contributed by atoms with Gasteiger partial charge in [0.15, 0.2) is 0 Å². The minimum absolute atomic E-state index is 0. The van der Waals surface area contributed by atoms with Gasteiger partial charge in [-0.15, -0.1) is 11.3 Å². The summed E-state index contributed by atoms with van der Waals surface area (Å²) in [6.45, 7) is 6.15. The second kappa shape index (κ2) is 13.1. The van der Waals surface area contributed by atoms with Gasteiger partial charge >= 0.3 is 29.6 Å². The molecule has 8 heteroatoms. The van der Waals surface area contributed by atoms with Crippen LogP contribution in [0.25, 0.3) is 38.5 Å². The van der Waals surface area contributed by atoms with Gasteiger partial charge in [0.25, 0.3) is 0 Å². The number of aliphatic carboxylic acids is 1. The molecule has 0 aliphatic carbocycles. The molecule has 0 unspecified atom stereocenters. The number of aromatic nitrogens is 1. The van der Waals surface area contributed by atoms with E-state index in [-0.39, 0.29) is 47.7 Å². The molecular weight excluding hydrogens is 512 g/mol. The average molecular weight is 542 g/mol. The van der Waals surface area contributed by atoms with Gasteiger partial charge in [-0.3, -0.25) is 0 Å². The van der Waals surface area contributed by atoms with Crippen LogP contribution < -0.4 is 34.7 Å². The number of carbonyl (C=O) groups is 1. The Morgan fingerprint density at radius 1 is 1.05 bits per heavy atom. The summed E-state index contributed by atoms with van der Waals surface area (Å²) < 4.78 is 13.9. The van der Waals surface area contributed by atoms with Gasteiger partial charge in [-0.1, -0.05) is 68.5 Å². The van der Waals surface area contributed by atoms with Crippen molar-refractivity contribution in [3.05, 3.63) is 82.6 Å². The maximum Gasteiger partial charge on any atom is 1.00 e. The number of hydrogen-bond acceptors (Lipinski definition) is 6. The molecular formula is C30H29FNNaO4S. The Bertz CT molecular complexity index is 1430. The van der Waals surface area contributed by atoms with Crippen LogP contribution in [0.15, 0.2) is 60.7 Å². The van der Waals surface area contributed by atoms with Crippen LogP contribution in [0.2, 0.25) is 0 Å². The van der Waals surface area contributed by atoms with E-state index < -0.39 is 24.6 Å². The number of carboxylic acid groups (broad SMARTS) is 1. The third-order valence-electron chi connectivity index (χ3n) is 6.23. The van der Waals surface area contributed by atoms with E-state index in [0.717, 1.165) is 48.6 Å². The first-order valence-electron chi connectivity index (χ1n) is 12.2. The molecule has 0 spiro atoms. The standard InChI is InChI=1S/C30H30FNO4S.Na/c1-17(2)29-24(14-13-22(33)15-23(34)16-25(35)36)27(20-9-11-21(31)12-10-20)28-26(18(3)37-30(28)32-29)19-7-5-4-6-8-19;/h4-14,17,22-23,33-34H,15-16H2,1-3H3,(H,35,36);/q;+1/p-1/b14-13+;/t22-,23-;/m1./s1. The zero-order valence-electron chi connectivity index (χ0n) is 21.9. The number of hydrogen-bond donors (Lipinski definition) is 2. The Labute approximate surface area is 248 Å². The molecule has 0 saturated carbocycles. The molecule has 5 nitrogen and oxygen atoms in total. The van der Waals surface area contributed by atoms with E-state index >= 15 is 0 Å². The molecule has 0 saturated heterocycles. The largest absolute Gasteiger partial charge is 1.00 e. The number of aryl methyl sites for hydroxylation is 1. The summed E-state index contributed by atoms with van der Waals surface area (Å²) in [7, 11) is 0. The van der Waals surface area contributed by atoms with Gasteiger partial charge in [0.1, 0.15) is 10.6 Å². The van der Waals surface area contributed by atoms with Crippen molar-refractivity contribution in [2.24, 2.45) is 0 Å². The van der Waals surface area contributed by atoms with E-state index in [2.05, 4.69) is 19.1 Å². The summed E-state index contributed by atoms with van der Waals surface area (Å²) in [5.74, 6) is -1.66. The molecule has 0 bridgehead atoms. The number of carbonyl (C=O) groups excluding carboxylic acids is 1. The smallest absolute Gasteiger partial charge is 0.550 e. The number of thiophene rings is 1. The molecule has 0 radical (unpaired) electrons. The van der Waals surface area contributed by atoms with Crippen LogP contribution in [-0.2, 0) is 4.79 Å². The topological polar surface area (TPSA) is 93.5 Å². The van der Waals surface area contributed by atoms with E-state index in [1.807, 2.05) is 32.0 Å². The molecule has 2 aromatic carbocycles. The fraction of sp³-hybridized carbons (Fsp3) is 0.267.